The molecule has 10 heavy (non-hydrogen) atoms. The van der Waals surface area contributed by atoms with Crippen LogP contribution in [0.15, 0.2) is 0 Å². The van der Waals surface area contributed by atoms with Crippen molar-refractivity contribution in [1.29, 1.82) is 0 Å². The van der Waals surface area contributed by atoms with Crippen LogP contribution in [0.3, 0.4) is 0 Å². The van der Waals surface area contributed by atoms with E-state index in [0.29, 0.717) is 0 Å². The van der Waals surface area contributed by atoms with Crippen LogP contribution in [0.1, 0.15) is 11.0 Å². The zero-order valence-corrected chi connectivity index (χ0v) is 5.01. The number of carboxylic acid groups (broad SMARTS) is 1. The smallest absolute Gasteiger partial charge is 0.317 e. The number of aliphatic carboxylic acids is 1. The predicted octanol–water partition coefficient (Wildman–Crippen LogP) is -1.02. The van der Waals surface area contributed by atoms with Gasteiger partial charge in [0.05, 0.1) is 6.54 Å². The molecule has 4 heteroatoms. The Morgan fingerprint density at radius 3 is 2.80 bits per heavy atom. The molecule has 0 bridgehead atoms. The molecular formula is C6H12N2O2. The van der Waals surface area contributed by atoms with Crippen molar-refractivity contribution >= 4 is 5.97 Å². The fraction of sp³-hybridized carbons (Fsp3) is 0.833. The van der Waals surface area contributed by atoms with E-state index in [9.17, 15) is 4.79 Å². The van der Waals surface area contributed by atoms with Gasteiger partial charge in [0.25, 0.3) is 0 Å². The van der Waals surface area contributed by atoms with E-state index in [4.69, 9.17) is 16.1 Å². The maximum absolute atomic E-state index is 10.6. The third-order valence-corrected chi connectivity index (χ3v) is 0.800. The van der Waals surface area contributed by atoms with Crippen LogP contribution in [0.2, 0.25) is 0 Å². The van der Waals surface area contributed by atoms with Crippen LogP contribution in [0, 0.1) is 0 Å². The van der Waals surface area contributed by atoms with Gasteiger partial charge in [0.1, 0.15) is 0 Å². The van der Waals surface area contributed by atoms with Gasteiger partial charge in [-0.25, -0.2) is 0 Å². The summed E-state index contributed by atoms with van der Waals surface area (Å²) in [4.78, 5) is 10.7. The first-order chi connectivity index (χ1) is 7.76. The van der Waals surface area contributed by atoms with Crippen molar-refractivity contribution < 1.29 is 20.9 Å². The lowest BCUT2D eigenvalue weighted by molar-refractivity contribution is -0.138. The van der Waals surface area contributed by atoms with Gasteiger partial charge in [0.15, 0.2) is 0 Å². The van der Waals surface area contributed by atoms with Crippen LogP contribution in [-0.2, 0) is 4.79 Å². The largest absolute Gasteiger partial charge is 0.480 e. The molecule has 0 amide bonds. The SMILES string of the molecule is [2H]C1([2H])NC([2H])([2H])C([2H])([2H])N(CC(=O)O)C1([2H])[2H]. The molecule has 1 aliphatic heterocycles. The fourth-order valence-electron chi connectivity index (χ4n) is 0.464. The van der Waals surface area contributed by atoms with Crippen LogP contribution in [0.25, 0.3) is 0 Å². The second-order valence-electron chi connectivity index (χ2n) is 1.58. The molecule has 0 atom stereocenters. The Balaban J connectivity index is 3.33. The van der Waals surface area contributed by atoms with Crippen LogP contribution in [0.4, 0.5) is 0 Å². The molecule has 1 aliphatic rings. The summed E-state index contributed by atoms with van der Waals surface area (Å²) in [6.07, 6.45) is 0. The summed E-state index contributed by atoms with van der Waals surface area (Å²) >= 11 is 0. The molecule has 1 rings (SSSR count). The molecule has 0 unspecified atom stereocenters. The highest BCUT2D eigenvalue weighted by atomic mass is 16.4. The monoisotopic (exact) mass is 152 g/mol. The first-order valence-electron chi connectivity index (χ1n) is 6.54. The molecular weight excluding hydrogens is 132 g/mol. The Hall–Kier alpha value is -0.610. The number of carbonyl (C=O) groups is 1. The zero-order chi connectivity index (χ0) is 14.6. The molecule has 0 aromatic carbocycles. The highest BCUT2D eigenvalue weighted by Crippen LogP contribution is 1.89. The van der Waals surface area contributed by atoms with E-state index < -0.39 is 38.5 Å². The molecule has 0 saturated carbocycles. The van der Waals surface area contributed by atoms with E-state index in [-0.39, 0.29) is 4.90 Å². The van der Waals surface area contributed by atoms with E-state index in [1.54, 1.807) is 5.32 Å². The van der Waals surface area contributed by atoms with E-state index in [1.165, 1.54) is 0 Å². The van der Waals surface area contributed by atoms with Gasteiger partial charge in [-0.1, -0.05) is 0 Å². The van der Waals surface area contributed by atoms with Gasteiger partial charge < -0.3 is 10.4 Å². The average Bonchev–Trinajstić information content (AvgIpc) is 2.09. The molecule has 1 saturated heterocycles. The molecule has 0 radical (unpaired) electrons. The number of piperazine rings is 1. The lowest BCUT2D eigenvalue weighted by atomic mass is 10.3. The highest BCUT2D eigenvalue weighted by molar-refractivity contribution is 5.69. The van der Waals surface area contributed by atoms with E-state index >= 15 is 0 Å². The van der Waals surface area contributed by atoms with Crippen LogP contribution >= 0.6 is 0 Å². The first-order valence-corrected chi connectivity index (χ1v) is 2.54. The Labute approximate surface area is 71.1 Å². The number of nitrogens with one attached hydrogen (secondary N) is 1. The van der Waals surface area contributed by atoms with Crippen molar-refractivity contribution in [3.05, 3.63) is 0 Å². The maximum atomic E-state index is 10.6. The Morgan fingerprint density at radius 2 is 2.30 bits per heavy atom. The molecule has 0 aromatic rings. The number of rotatable bonds is 2. The third kappa shape index (κ3) is 2.33. The topological polar surface area (TPSA) is 52.6 Å². The van der Waals surface area contributed by atoms with E-state index in [1.807, 2.05) is 0 Å². The minimum absolute atomic E-state index is 0.0266. The van der Waals surface area contributed by atoms with Gasteiger partial charge in [-0.15, -0.1) is 0 Å². The first kappa shape index (κ1) is 2.19. The lowest BCUT2D eigenvalue weighted by Crippen LogP contribution is -2.45. The summed E-state index contributed by atoms with van der Waals surface area (Å²) in [6, 6.07) is 0. The molecule has 2 N–H and O–H groups in total. The summed E-state index contributed by atoms with van der Waals surface area (Å²) in [5, 5.41) is 10.2. The quantitative estimate of drug-likeness (QED) is 0.531. The molecule has 0 aliphatic carbocycles. The van der Waals surface area contributed by atoms with Crippen molar-refractivity contribution in [3.63, 3.8) is 0 Å². The maximum Gasteiger partial charge on any atom is 0.317 e. The van der Waals surface area contributed by atoms with Gasteiger partial charge in [-0.2, -0.15) is 0 Å². The number of hydrogen-bond acceptors (Lipinski definition) is 3. The van der Waals surface area contributed by atoms with Crippen LogP contribution < -0.4 is 5.32 Å². The van der Waals surface area contributed by atoms with Gasteiger partial charge >= 0.3 is 5.97 Å². The molecule has 0 spiro atoms. The van der Waals surface area contributed by atoms with Crippen molar-refractivity contribution in [3.8, 4) is 0 Å². The van der Waals surface area contributed by atoms with E-state index in [0.717, 1.165) is 0 Å². The highest BCUT2D eigenvalue weighted by Gasteiger charge is 2.11. The van der Waals surface area contributed by atoms with Crippen molar-refractivity contribution in [1.82, 2.24) is 10.2 Å². The summed E-state index contributed by atoms with van der Waals surface area (Å²) < 4.78 is 59.5. The summed E-state index contributed by atoms with van der Waals surface area (Å²) in [5.41, 5.74) is 0. The Kier molecular flexibility index (Phi) is 0.772. The molecule has 4 nitrogen and oxygen atoms in total. The van der Waals surface area contributed by atoms with Crippen LogP contribution in [0.5, 0.6) is 0 Å². The number of carboxylic acids is 1. The van der Waals surface area contributed by atoms with Crippen molar-refractivity contribution in [2.75, 3.05) is 32.5 Å². The van der Waals surface area contributed by atoms with E-state index in [2.05, 4.69) is 0 Å². The second kappa shape index (κ2) is 3.53. The summed E-state index contributed by atoms with van der Waals surface area (Å²) in [6.45, 7) is -13.1. The third-order valence-electron chi connectivity index (χ3n) is 0.800. The standard InChI is InChI=1S/C6H12N2O2/c9-6(10)5-8-3-1-7-2-4-8/h7H,1-5H2,(H,9,10)/i1D2,2D2,3D2,4D2. The molecule has 58 valence electrons. The number of nitrogens with zero attached hydrogens (tertiary/aromatic N) is 1. The van der Waals surface area contributed by atoms with Crippen molar-refractivity contribution in [2.45, 2.75) is 0 Å². The number of hydrogen-bond donors (Lipinski definition) is 2. The molecule has 0 aromatic heterocycles. The summed E-state index contributed by atoms with van der Waals surface area (Å²) in [5.74, 6) is -1.59. The van der Waals surface area contributed by atoms with Gasteiger partial charge in [0.2, 0.25) is 0 Å². The van der Waals surface area contributed by atoms with Crippen molar-refractivity contribution in [2.24, 2.45) is 0 Å². The minimum Gasteiger partial charge on any atom is -0.480 e. The van der Waals surface area contributed by atoms with Gasteiger partial charge in [-0.3, -0.25) is 9.69 Å². The second-order valence-corrected chi connectivity index (χ2v) is 1.58. The fourth-order valence-corrected chi connectivity index (χ4v) is 0.464. The molecule has 1 fully saturated rings. The normalized spacial score (nSPS) is 52.8. The van der Waals surface area contributed by atoms with Gasteiger partial charge in [0, 0.05) is 37.0 Å². The van der Waals surface area contributed by atoms with Gasteiger partial charge in [-0.05, 0) is 0 Å². The zero-order valence-electron chi connectivity index (χ0n) is 13.0. The Bertz CT molecular complexity index is 345. The average molecular weight is 152 g/mol. The molecule has 1 heterocycles. The van der Waals surface area contributed by atoms with Crippen LogP contribution in [-0.4, -0.2) is 48.5 Å². The Morgan fingerprint density at radius 1 is 1.70 bits per heavy atom. The summed E-state index contributed by atoms with van der Waals surface area (Å²) in [7, 11) is 0. The minimum atomic E-state index is -3.03. The predicted molar refractivity (Wildman–Crippen MR) is 36.9 cm³/mol. The lowest BCUT2D eigenvalue weighted by Gasteiger charge is -2.25.